The summed E-state index contributed by atoms with van der Waals surface area (Å²) in [5.41, 5.74) is 2.82. The van der Waals surface area contributed by atoms with E-state index in [2.05, 4.69) is 10.2 Å². The van der Waals surface area contributed by atoms with Crippen molar-refractivity contribution in [1.82, 2.24) is 5.43 Å². The minimum Gasteiger partial charge on any atom is -0.375 e. The van der Waals surface area contributed by atoms with Crippen LogP contribution < -0.4 is 11.3 Å². The van der Waals surface area contributed by atoms with E-state index in [1.807, 2.05) is 0 Å². The second-order valence-electron chi connectivity index (χ2n) is 3.65. The van der Waals surface area contributed by atoms with Gasteiger partial charge < -0.3 is 4.74 Å². The van der Waals surface area contributed by atoms with Crippen molar-refractivity contribution in [2.75, 3.05) is 13.2 Å². The predicted molar refractivity (Wildman–Crippen MR) is 57.9 cm³/mol. The molecule has 1 atom stereocenters. The molecule has 0 aliphatic heterocycles. The fourth-order valence-electron chi connectivity index (χ4n) is 1.45. The molecule has 7 heteroatoms. The van der Waals surface area contributed by atoms with Crippen LogP contribution in [-0.2, 0) is 4.74 Å². The number of halogens is 4. The van der Waals surface area contributed by atoms with Crippen LogP contribution in [0.15, 0.2) is 18.2 Å². The van der Waals surface area contributed by atoms with Crippen LogP contribution in [0.5, 0.6) is 0 Å². The van der Waals surface area contributed by atoms with Gasteiger partial charge in [-0.05, 0) is 24.1 Å². The van der Waals surface area contributed by atoms with Crippen molar-refractivity contribution < 1.29 is 22.3 Å². The summed E-state index contributed by atoms with van der Waals surface area (Å²) in [5, 5.41) is 0. The SMILES string of the molecule is NNC(CCOCC(F)F)c1ccc(F)c(F)c1. The average molecular weight is 266 g/mol. The summed E-state index contributed by atoms with van der Waals surface area (Å²) >= 11 is 0. The van der Waals surface area contributed by atoms with Crippen LogP contribution in [-0.4, -0.2) is 19.6 Å². The van der Waals surface area contributed by atoms with E-state index in [1.54, 1.807) is 0 Å². The van der Waals surface area contributed by atoms with Crippen molar-refractivity contribution in [2.24, 2.45) is 5.84 Å². The molecule has 102 valence electrons. The summed E-state index contributed by atoms with van der Waals surface area (Å²) in [5.74, 6) is 3.32. The van der Waals surface area contributed by atoms with Gasteiger partial charge in [-0.3, -0.25) is 11.3 Å². The number of rotatable bonds is 7. The van der Waals surface area contributed by atoms with Crippen molar-refractivity contribution >= 4 is 0 Å². The second kappa shape index (κ2) is 7.30. The highest BCUT2D eigenvalue weighted by Crippen LogP contribution is 2.18. The zero-order valence-electron chi connectivity index (χ0n) is 9.51. The maximum atomic E-state index is 13.0. The zero-order chi connectivity index (χ0) is 13.5. The summed E-state index contributed by atoms with van der Waals surface area (Å²) < 4.78 is 54.0. The molecule has 1 aromatic rings. The molecule has 0 saturated carbocycles. The molecule has 0 aliphatic rings. The number of ether oxygens (including phenoxy) is 1. The van der Waals surface area contributed by atoms with E-state index in [0.717, 1.165) is 12.1 Å². The van der Waals surface area contributed by atoms with Gasteiger partial charge in [0.2, 0.25) is 0 Å². The van der Waals surface area contributed by atoms with Crippen molar-refractivity contribution in [3.63, 3.8) is 0 Å². The molecule has 0 amide bonds. The monoisotopic (exact) mass is 266 g/mol. The molecule has 1 unspecified atom stereocenters. The molecule has 0 radical (unpaired) electrons. The van der Waals surface area contributed by atoms with Crippen molar-refractivity contribution in [3.8, 4) is 0 Å². The number of alkyl halides is 2. The standard InChI is InChI=1S/C11H14F4N2O/c12-8-2-1-7(5-9(8)13)10(17-16)3-4-18-6-11(14)15/h1-2,5,10-11,17H,3-4,6,16H2. The first-order chi connectivity index (χ1) is 8.54. The highest BCUT2D eigenvalue weighted by atomic mass is 19.3. The molecule has 0 saturated heterocycles. The summed E-state index contributed by atoms with van der Waals surface area (Å²) in [6.07, 6.45) is -2.26. The van der Waals surface area contributed by atoms with Gasteiger partial charge in [-0.25, -0.2) is 17.6 Å². The minimum absolute atomic E-state index is 0.0399. The lowest BCUT2D eigenvalue weighted by Gasteiger charge is -2.16. The second-order valence-corrected chi connectivity index (χ2v) is 3.65. The first-order valence-electron chi connectivity index (χ1n) is 5.31. The maximum absolute atomic E-state index is 13.0. The van der Waals surface area contributed by atoms with Crippen molar-refractivity contribution in [3.05, 3.63) is 35.4 Å². The Kier molecular flexibility index (Phi) is 6.03. The Labute approximate surface area is 102 Å². The van der Waals surface area contributed by atoms with E-state index < -0.39 is 30.7 Å². The maximum Gasteiger partial charge on any atom is 0.261 e. The molecular weight excluding hydrogens is 252 g/mol. The molecule has 3 nitrogen and oxygen atoms in total. The summed E-state index contributed by atoms with van der Waals surface area (Å²) in [6, 6.07) is 2.87. The summed E-state index contributed by atoms with van der Waals surface area (Å²) in [7, 11) is 0. The minimum atomic E-state index is -2.53. The molecule has 0 aliphatic carbocycles. The average Bonchev–Trinajstić information content (AvgIpc) is 2.33. The van der Waals surface area contributed by atoms with Gasteiger partial charge in [-0.15, -0.1) is 0 Å². The third-order valence-corrected chi connectivity index (χ3v) is 2.34. The first-order valence-corrected chi connectivity index (χ1v) is 5.31. The molecule has 0 aromatic heterocycles. The molecule has 0 spiro atoms. The molecule has 1 rings (SSSR count). The van der Waals surface area contributed by atoms with Crippen LogP contribution in [0.4, 0.5) is 17.6 Å². The van der Waals surface area contributed by atoms with Gasteiger partial charge in [0.05, 0.1) is 0 Å². The number of hydrogen-bond donors (Lipinski definition) is 2. The van der Waals surface area contributed by atoms with Gasteiger partial charge >= 0.3 is 0 Å². The lowest BCUT2D eigenvalue weighted by Crippen LogP contribution is -2.29. The highest BCUT2D eigenvalue weighted by molar-refractivity contribution is 5.21. The highest BCUT2D eigenvalue weighted by Gasteiger charge is 2.13. The van der Waals surface area contributed by atoms with Gasteiger partial charge in [0.1, 0.15) is 6.61 Å². The zero-order valence-corrected chi connectivity index (χ0v) is 9.51. The van der Waals surface area contributed by atoms with Crippen molar-refractivity contribution in [2.45, 2.75) is 18.9 Å². The molecule has 3 N–H and O–H groups in total. The molecule has 0 bridgehead atoms. The smallest absolute Gasteiger partial charge is 0.261 e. The van der Waals surface area contributed by atoms with Gasteiger partial charge in [0.25, 0.3) is 6.43 Å². The van der Waals surface area contributed by atoms with Gasteiger partial charge in [0, 0.05) is 12.6 Å². The predicted octanol–water partition coefficient (Wildman–Crippen LogP) is 2.14. The van der Waals surface area contributed by atoms with Gasteiger partial charge in [-0.1, -0.05) is 6.07 Å². The topological polar surface area (TPSA) is 47.3 Å². The van der Waals surface area contributed by atoms with Crippen LogP contribution in [0.1, 0.15) is 18.0 Å². The third-order valence-electron chi connectivity index (χ3n) is 2.34. The van der Waals surface area contributed by atoms with Crippen LogP contribution in [0.2, 0.25) is 0 Å². The normalized spacial score (nSPS) is 13.0. The number of hydrogen-bond acceptors (Lipinski definition) is 3. The molecule has 18 heavy (non-hydrogen) atoms. The lowest BCUT2D eigenvalue weighted by molar-refractivity contribution is 0.0143. The number of hydrazine groups is 1. The molecule has 0 fully saturated rings. The molecule has 0 heterocycles. The van der Waals surface area contributed by atoms with Crippen LogP contribution in [0.25, 0.3) is 0 Å². The van der Waals surface area contributed by atoms with E-state index in [4.69, 9.17) is 5.84 Å². The lowest BCUT2D eigenvalue weighted by atomic mass is 10.0. The fourth-order valence-corrected chi connectivity index (χ4v) is 1.45. The summed E-state index contributed by atoms with van der Waals surface area (Å²) in [4.78, 5) is 0. The van der Waals surface area contributed by atoms with Crippen LogP contribution in [0.3, 0.4) is 0 Å². The largest absolute Gasteiger partial charge is 0.375 e. The molecular formula is C11H14F4N2O. The fraction of sp³-hybridized carbons (Fsp3) is 0.455. The Morgan fingerprint density at radius 1 is 1.22 bits per heavy atom. The third kappa shape index (κ3) is 4.59. The number of benzene rings is 1. The number of nitrogens with one attached hydrogen (secondary N) is 1. The Hall–Kier alpha value is -1.18. The van der Waals surface area contributed by atoms with Crippen LogP contribution >= 0.6 is 0 Å². The quantitative estimate of drug-likeness (QED) is 0.344. The van der Waals surface area contributed by atoms with Crippen LogP contribution in [0, 0.1) is 11.6 Å². The van der Waals surface area contributed by atoms with E-state index in [1.165, 1.54) is 6.07 Å². The Bertz CT molecular complexity index is 376. The summed E-state index contributed by atoms with van der Waals surface area (Å²) in [6.45, 7) is -0.618. The first kappa shape index (κ1) is 14.9. The Balaban J connectivity index is 2.52. The van der Waals surface area contributed by atoms with E-state index in [9.17, 15) is 17.6 Å². The van der Waals surface area contributed by atoms with E-state index >= 15 is 0 Å². The van der Waals surface area contributed by atoms with E-state index in [-0.39, 0.29) is 13.0 Å². The van der Waals surface area contributed by atoms with Gasteiger partial charge in [0.15, 0.2) is 11.6 Å². The Morgan fingerprint density at radius 2 is 1.94 bits per heavy atom. The van der Waals surface area contributed by atoms with Crippen molar-refractivity contribution in [1.29, 1.82) is 0 Å². The molecule has 1 aromatic carbocycles. The van der Waals surface area contributed by atoms with E-state index in [0.29, 0.717) is 5.56 Å². The Morgan fingerprint density at radius 3 is 2.50 bits per heavy atom. The number of nitrogens with two attached hydrogens (primary N) is 1. The van der Waals surface area contributed by atoms with Gasteiger partial charge in [-0.2, -0.15) is 0 Å².